The molecule has 0 N–H and O–H groups in total. The third kappa shape index (κ3) is 5.04. The lowest BCUT2D eigenvalue weighted by atomic mass is 9.73. The molecule has 0 radical (unpaired) electrons. The predicted octanol–water partition coefficient (Wildman–Crippen LogP) is 5.42. The highest BCUT2D eigenvalue weighted by atomic mass is 15.1. The van der Waals surface area contributed by atoms with Gasteiger partial charge in [0.05, 0.1) is 13.1 Å². The van der Waals surface area contributed by atoms with Gasteiger partial charge in [0.2, 0.25) is 0 Å². The second-order valence-electron chi connectivity index (χ2n) is 8.16. The minimum absolute atomic E-state index is 0.153. The van der Waals surface area contributed by atoms with Gasteiger partial charge in [0.15, 0.2) is 0 Å². The van der Waals surface area contributed by atoms with E-state index in [1.54, 1.807) is 0 Å². The topological polar surface area (TPSA) is 6.48 Å². The average molecular weight is 413 g/mol. The van der Waals surface area contributed by atoms with Crippen molar-refractivity contribution in [2.75, 3.05) is 39.3 Å². The number of benzene rings is 2. The molecule has 162 valence electrons. The Kier molecular flexibility index (Phi) is 8.36. The molecule has 0 atom stereocenters. The van der Waals surface area contributed by atoms with Gasteiger partial charge in [-0.05, 0) is 48.4 Å². The van der Waals surface area contributed by atoms with Gasteiger partial charge in [-0.1, -0.05) is 88.1 Å². The van der Waals surface area contributed by atoms with Crippen LogP contribution in [0.15, 0.2) is 48.5 Å². The van der Waals surface area contributed by atoms with Crippen LogP contribution in [0.1, 0.15) is 51.7 Å². The number of fused-ring (bicyclic) bond motifs is 3. The van der Waals surface area contributed by atoms with Crippen LogP contribution in [-0.2, 0) is 5.41 Å². The van der Waals surface area contributed by atoms with Crippen molar-refractivity contribution in [3.8, 4) is 34.8 Å². The molecule has 0 saturated heterocycles. The molecule has 0 heterocycles. The van der Waals surface area contributed by atoms with Crippen molar-refractivity contribution < 1.29 is 0 Å². The molecule has 0 spiro atoms. The van der Waals surface area contributed by atoms with E-state index < -0.39 is 0 Å². The quantitative estimate of drug-likeness (QED) is 0.534. The van der Waals surface area contributed by atoms with Crippen LogP contribution >= 0.6 is 0 Å². The lowest BCUT2D eigenvalue weighted by Crippen LogP contribution is -2.26. The van der Waals surface area contributed by atoms with Gasteiger partial charge in [0.1, 0.15) is 0 Å². The first-order valence-corrected chi connectivity index (χ1v) is 11.8. The molecule has 2 nitrogen and oxygen atoms in total. The highest BCUT2D eigenvalue weighted by Crippen LogP contribution is 2.52. The highest BCUT2D eigenvalue weighted by Gasteiger charge is 2.41. The van der Waals surface area contributed by atoms with Crippen molar-refractivity contribution >= 4 is 0 Å². The molecule has 0 bridgehead atoms. The summed E-state index contributed by atoms with van der Waals surface area (Å²) in [5.74, 6) is 14.0. The van der Waals surface area contributed by atoms with Gasteiger partial charge in [-0.25, -0.2) is 0 Å². The van der Waals surface area contributed by atoms with Crippen LogP contribution in [0.3, 0.4) is 0 Å². The summed E-state index contributed by atoms with van der Waals surface area (Å²) in [6, 6.07) is 17.7. The van der Waals surface area contributed by atoms with Crippen molar-refractivity contribution in [2.24, 2.45) is 0 Å². The predicted molar refractivity (Wildman–Crippen MR) is 133 cm³/mol. The molecule has 31 heavy (non-hydrogen) atoms. The Balaban J connectivity index is 1.96. The van der Waals surface area contributed by atoms with Crippen LogP contribution in [0.4, 0.5) is 0 Å². The van der Waals surface area contributed by atoms with Crippen LogP contribution in [0, 0.1) is 23.7 Å². The maximum Gasteiger partial charge on any atom is 0.0601 e. The zero-order chi connectivity index (χ0) is 22.1. The number of rotatable bonds is 8. The Morgan fingerprint density at radius 3 is 1.35 bits per heavy atom. The van der Waals surface area contributed by atoms with Crippen LogP contribution in [0.25, 0.3) is 11.1 Å². The summed E-state index contributed by atoms with van der Waals surface area (Å²) < 4.78 is 0. The lowest BCUT2D eigenvalue weighted by Gasteiger charge is -2.28. The van der Waals surface area contributed by atoms with Gasteiger partial charge in [0.25, 0.3) is 0 Å². The molecule has 0 unspecified atom stereocenters. The van der Waals surface area contributed by atoms with E-state index in [2.05, 4.69) is 110 Å². The van der Waals surface area contributed by atoms with E-state index in [0.717, 1.165) is 52.1 Å². The van der Waals surface area contributed by atoms with E-state index in [1.807, 2.05) is 0 Å². The second-order valence-corrected chi connectivity index (χ2v) is 8.16. The fourth-order valence-corrected chi connectivity index (χ4v) is 4.52. The summed E-state index contributed by atoms with van der Waals surface area (Å²) >= 11 is 0. The summed E-state index contributed by atoms with van der Waals surface area (Å²) in [6.07, 6.45) is 1.62. The Morgan fingerprint density at radius 2 is 0.968 bits per heavy atom. The van der Waals surface area contributed by atoms with E-state index in [1.165, 1.54) is 22.3 Å². The summed E-state index contributed by atoms with van der Waals surface area (Å²) in [5, 5.41) is 0. The van der Waals surface area contributed by atoms with Crippen molar-refractivity contribution in [3.63, 3.8) is 0 Å². The van der Waals surface area contributed by atoms with Crippen molar-refractivity contribution in [1.82, 2.24) is 9.80 Å². The molecular weight excluding hydrogens is 376 g/mol. The number of hydrogen-bond acceptors (Lipinski definition) is 2. The van der Waals surface area contributed by atoms with Gasteiger partial charge < -0.3 is 0 Å². The van der Waals surface area contributed by atoms with Crippen molar-refractivity contribution in [1.29, 1.82) is 0 Å². The molecule has 2 aromatic rings. The van der Waals surface area contributed by atoms with Crippen LogP contribution in [0.2, 0.25) is 0 Å². The van der Waals surface area contributed by atoms with Gasteiger partial charge >= 0.3 is 0 Å². The normalized spacial score (nSPS) is 13.2. The second kappa shape index (κ2) is 11.2. The molecule has 1 aliphatic rings. The Labute approximate surface area is 189 Å². The molecule has 2 aromatic carbocycles. The lowest BCUT2D eigenvalue weighted by molar-refractivity contribution is 0.342. The zero-order valence-electron chi connectivity index (χ0n) is 19.7. The molecule has 2 heteroatoms. The summed E-state index contributed by atoms with van der Waals surface area (Å²) in [4.78, 5) is 4.72. The van der Waals surface area contributed by atoms with Crippen LogP contribution in [0.5, 0.6) is 0 Å². The summed E-state index contributed by atoms with van der Waals surface area (Å²) in [5.41, 5.74) is 5.29. The molecule has 0 aromatic heterocycles. The standard InChI is InChI=1S/C29H36N2/c1-5-30(6-2)23-15-13-21-29(22-14-16-24-31(7-3)8-4)27-19-11-9-17-25(27)26-18-10-12-20-28(26)29/h9-12,17-20H,5-8,21-24H2,1-4H3. The van der Waals surface area contributed by atoms with Gasteiger partial charge in [-0.2, -0.15) is 0 Å². The van der Waals surface area contributed by atoms with E-state index in [-0.39, 0.29) is 5.41 Å². The summed E-state index contributed by atoms with van der Waals surface area (Å²) in [6.45, 7) is 14.6. The Morgan fingerprint density at radius 1 is 0.581 bits per heavy atom. The maximum atomic E-state index is 3.55. The summed E-state index contributed by atoms with van der Waals surface area (Å²) in [7, 11) is 0. The molecule has 0 fully saturated rings. The zero-order valence-corrected chi connectivity index (χ0v) is 19.7. The Bertz CT molecular complexity index is 893. The van der Waals surface area contributed by atoms with Gasteiger partial charge in [0, 0.05) is 18.3 Å². The van der Waals surface area contributed by atoms with Crippen LogP contribution in [-0.4, -0.2) is 49.1 Å². The molecule has 0 saturated carbocycles. The van der Waals surface area contributed by atoms with E-state index in [0.29, 0.717) is 0 Å². The van der Waals surface area contributed by atoms with Crippen molar-refractivity contribution in [2.45, 2.75) is 46.0 Å². The van der Waals surface area contributed by atoms with Crippen LogP contribution < -0.4 is 0 Å². The molecule has 1 aliphatic carbocycles. The smallest absolute Gasteiger partial charge is 0.0601 e. The molecular formula is C29H36N2. The molecule has 0 amide bonds. The first-order chi connectivity index (χ1) is 15.2. The maximum absolute atomic E-state index is 3.55. The first-order valence-electron chi connectivity index (χ1n) is 11.8. The molecule has 3 rings (SSSR count). The van der Waals surface area contributed by atoms with E-state index >= 15 is 0 Å². The number of nitrogens with zero attached hydrogens (tertiary/aromatic N) is 2. The van der Waals surface area contributed by atoms with E-state index in [4.69, 9.17) is 0 Å². The molecule has 0 aliphatic heterocycles. The van der Waals surface area contributed by atoms with E-state index in [9.17, 15) is 0 Å². The minimum Gasteiger partial charge on any atom is -0.293 e. The monoisotopic (exact) mass is 412 g/mol. The Hall–Kier alpha value is -2.52. The number of hydrogen-bond donors (Lipinski definition) is 0. The SMILES string of the molecule is CCN(CC)CC#CCC1(CC#CCN(CC)CC)c2ccccc2-c2ccccc21. The average Bonchev–Trinajstić information content (AvgIpc) is 3.10. The van der Waals surface area contributed by atoms with Gasteiger partial charge in [-0.3, -0.25) is 9.80 Å². The third-order valence-electron chi connectivity index (χ3n) is 6.60. The largest absolute Gasteiger partial charge is 0.293 e. The first kappa shape index (κ1) is 23.1. The highest BCUT2D eigenvalue weighted by molar-refractivity contribution is 5.81. The third-order valence-corrected chi connectivity index (χ3v) is 6.60. The minimum atomic E-state index is -0.153. The fraction of sp³-hybridized carbons (Fsp3) is 0.448. The van der Waals surface area contributed by atoms with Gasteiger partial charge in [-0.15, -0.1) is 11.8 Å². The van der Waals surface area contributed by atoms with Crippen molar-refractivity contribution in [3.05, 3.63) is 59.7 Å². The fourth-order valence-electron chi connectivity index (χ4n) is 4.52.